The largest absolute Gasteiger partial charge is 0.490 e. The molecule has 0 bridgehead atoms. The second kappa shape index (κ2) is 7.33. The number of benzene rings is 1. The number of hydrogen-bond acceptors (Lipinski definition) is 4. The number of unbranched alkanes of at least 4 members (excludes halogenated alkanes) is 1. The van der Waals surface area contributed by atoms with Crippen molar-refractivity contribution < 1.29 is 14.3 Å². The van der Waals surface area contributed by atoms with Gasteiger partial charge in [-0.3, -0.25) is 4.79 Å². The van der Waals surface area contributed by atoms with E-state index in [1.165, 1.54) is 0 Å². The lowest BCUT2D eigenvalue weighted by Gasteiger charge is -2.33. The zero-order valence-electron chi connectivity index (χ0n) is 12.0. The Bertz CT molecular complexity index is 547. The Balaban J connectivity index is 1.76. The fourth-order valence-corrected chi connectivity index (χ4v) is 2.35. The Morgan fingerprint density at radius 2 is 2.24 bits per heavy atom. The van der Waals surface area contributed by atoms with Crippen molar-refractivity contribution in [3.63, 3.8) is 0 Å². The van der Waals surface area contributed by atoms with Crippen molar-refractivity contribution in [2.24, 2.45) is 5.92 Å². The normalized spacial score (nSPS) is 20.2. The van der Waals surface area contributed by atoms with Crippen LogP contribution < -0.4 is 4.74 Å². The van der Waals surface area contributed by atoms with Gasteiger partial charge in [-0.2, -0.15) is 5.26 Å². The monoisotopic (exact) mass is 307 g/mol. The summed E-state index contributed by atoms with van der Waals surface area (Å²) in [4.78, 5) is 11.7. The first-order valence-corrected chi connectivity index (χ1v) is 7.54. The minimum Gasteiger partial charge on any atom is -0.490 e. The summed E-state index contributed by atoms with van der Waals surface area (Å²) in [6, 6.07) is 6.98. The highest BCUT2D eigenvalue weighted by molar-refractivity contribution is 6.31. The average Bonchev–Trinajstić information content (AvgIpc) is 2.42. The van der Waals surface area contributed by atoms with E-state index in [0.29, 0.717) is 35.8 Å². The summed E-state index contributed by atoms with van der Waals surface area (Å²) in [5.41, 5.74) is 0.426. The summed E-state index contributed by atoms with van der Waals surface area (Å²) in [7, 11) is 0. The van der Waals surface area contributed by atoms with Crippen LogP contribution in [0, 0.1) is 17.2 Å². The molecule has 1 fully saturated rings. The van der Waals surface area contributed by atoms with Crippen molar-refractivity contribution in [2.75, 3.05) is 6.61 Å². The summed E-state index contributed by atoms with van der Waals surface area (Å²) < 4.78 is 10.9. The lowest BCUT2D eigenvalue weighted by molar-refractivity contribution is -0.155. The molecule has 0 spiro atoms. The topological polar surface area (TPSA) is 59.3 Å². The number of nitrogens with zero attached hydrogens (tertiary/aromatic N) is 1. The van der Waals surface area contributed by atoms with Gasteiger partial charge in [-0.1, -0.05) is 24.9 Å². The number of rotatable bonds is 6. The first-order valence-electron chi connectivity index (χ1n) is 7.17. The number of carbonyl (C=O) groups is 1. The van der Waals surface area contributed by atoms with Gasteiger partial charge in [0.2, 0.25) is 0 Å². The van der Waals surface area contributed by atoms with Crippen molar-refractivity contribution in [2.45, 2.75) is 38.7 Å². The first kappa shape index (κ1) is 15.7. The molecule has 0 aromatic heterocycles. The second-order valence-corrected chi connectivity index (χ2v) is 5.59. The molecule has 21 heavy (non-hydrogen) atoms. The summed E-state index contributed by atoms with van der Waals surface area (Å²) in [5, 5.41) is 9.19. The van der Waals surface area contributed by atoms with Gasteiger partial charge in [-0.25, -0.2) is 0 Å². The van der Waals surface area contributed by atoms with Crippen LogP contribution in [-0.2, 0) is 9.53 Å². The van der Waals surface area contributed by atoms with Gasteiger partial charge in [0.05, 0.1) is 23.1 Å². The van der Waals surface area contributed by atoms with E-state index >= 15 is 0 Å². The van der Waals surface area contributed by atoms with Crippen LogP contribution in [0.2, 0.25) is 5.02 Å². The third kappa shape index (κ3) is 4.12. The smallest absolute Gasteiger partial charge is 0.309 e. The van der Waals surface area contributed by atoms with E-state index in [1.807, 2.05) is 6.07 Å². The van der Waals surface area contributed by atoms with E-state index in [2.05, 4.69) is 6.92 Å². The molecule has 1 aromatic rings. The third-order valence-corrected chi connectivity index (χ3v) is 3.85. The Kier molecular flexibility index (Phi) is 5.46. The summed E-state index contributed by atoms with van der Waals surface area (Å²) in [6.07, 6.45) is 3.27. The molecule has 4 nitrogen and oxygen atoms in total. The van der Waals surface area contributed by atoms with Gasteiger partial charge in [0.1, 0.15) is 17.9 Å². The highest BCUT2D eigenvalue weighted by Gasteiger charge is 2.37. The second-order valence-electron chi connectivity index (χ2n) is 5.18. The minimum atomic E-state index is -0.124. The SMILES string of the molecule is CCCCOC(=O)[C@H]1C[C@H](Oc2ccc(C#N)c(Cl)c2)C1. The minimum absolute atomic E-state index is 0.0118. The van der Waals surface area contributed by atoms with Gasteiger partial charge < -0.3 is 9.47 Å². The molecule has 1 aromatic carbocycles. The maximum absolute atomic E-state index is 11.7. The van der Waals surface area contributed by atoms with E-state index in [4.69, 9.17) is 26.3 Å². The molecule has 0 aliphatic heterocycles. The van der Waals surface area contributed by atoms with Crippen LogP contribution in [0.1, 0.15) is 38.2 Å². The van der Waals surface area contributed by atoms with Crippen LogP contribution in [-0.4, -0.2) is 18.7 Å². The van der Waals surface area contributed by atoms with E-state index in [-0.39, 0.29) is 18.0 Å². The van der Waals surface area contributed by atoms with Crippen molar-refractivity contribution >= 4 is 17.6 Å². The number of halogens is 1. The van der Waals surface area contributed by atoms with E-state index in [0.717, 1.165) is 12.8 Å². The van der Waals surface area contributed by atoms with Crippen LogP contribution in [0.5, 0.6) is 5.75 Å². The predicted molar refractivity (Wildman–Crippen MR) is 79.2 cm³/mol. The van der Waals surface area contributed by atoms with Crippen LogP contribution in [0.3, 0.4) is 0 Å². The summed E-state index contributed by atoms with van der Waals surface area (Å²) in [5.74, 6) is 0.448. The predicted octanol–water partition coefficient (Wildman–Crippen LogP) is 3.71. The van der Waals surface area contributed by atoms with E-state index in [9.17, 15) is 4.79 Å². The number of nitriles is 1. The number of hydrogen-bond donors (Lipinski definition) is 0. The molecule has 0 saturated heterocycles. The number of carbonyl (C=O) groups excluding carboxylic acids is 1. The lowest BCUT2D eigenvalue weighted by atomic mass is 9.82. The Morgan fingerprint density at radius 1 is 1.48 bits per heavy atom. The fraction of sp³-hybridized carbons (Fsp3) is 0.500. The number of esters is 1. The van der Waals surface area contributed by atoms with Crippen LogP contribution in [0.15, 0.2) is 18.2 Å². The standard InChI is InChI=1S/C16H18ClNO3/c1-2-3-6-20-16(19)12-7-14(8-12)21-13-5-4-11(10-18)15(17)9-13/h4-5,9,12,14H,2-3,6-8H2,1H3/t12-,14-. The van der Waals surface area contributed by atoms with Crippen molar-refractivity contribution in [1.82, 2.24) is 0 Å². The molecular formula is C16H18ClNO3. The van der Waals surface area contributed by atoms with Gasteiger partial charge in [-0.15, -0.1) is 0 Å². The lowest BCUT2D eigenvalue weighted by Crippen LogP contribution is -2.39. The van der Waals surface area contributed by atoms with Gasteiger partial charge in [0.15, 0.2) is 0 Å². The molecule has 0 N–H and O–H groups in total. The molecule has 1 aliphatic carbocycles. The zero-order valence-corrected chi connectivity index (χ0v) is 12.7. The fourth-order valence-electron chi connectivity index (χ4n) is 2.14. The molecule has 0 amide bonds. The summed E-state index contributed by atoms with van der Waals surface area (Å²) in [6.45, 7) is 2.56. The van der Waals surface area contributed by atoms with Gasteiger partial charge in [0, 0.05) is 6.07 Å². The quantitative estimate of drug-likeness (QED) is 0.594. The molecule has 0 heterocycles. The highest BCUT2D eigenvalue weighted by atomic mass is 35.5. The first-order chi connectivity index (χ1) is 10.1. The average molecular weight is 308 g/mol. The molecule has 5 heteroatoms. The highest BCUT2D eigenvalue weighted by Crippen LogP contribution is 2.33. The molecular weight excluding hydrogens is 290 g/mol. The molecule has 0 atom stereocenters. The van der Waals surface area contributed by atoms with Crippen molar-refractivity contribution in [3.05, 3.63) is 28.8 Å². The van der Waals surface area contributed by atoms with E-state index < -0.39 is 0 Å². The Labute approximate surface area is 129 Å². The Morgan fingerprint density at radius 3 is 2.86 bits per heavy atom. The van der Waals surface area contributed by atoms with Crippen molar-refractivity contribution in [1.29, 1.82) is 5.26 Å². The van der Waals surface area contributed by atoms with Crippen LogP contribution in [0.25, 0.3) is 0 Å². The van der Waals surface area contributed by atoms with Gasteiger partial charge in [-0.05, 0) is 31.4 Å². The molecule has 1 aliphatic rings. The molecule has 0 radical (unpaired) electrons. The molecule has 0 unspecified atom stereocenters. The summed E-state index contributed by atoms with van der Waals surface area (Å²) >= 11 is 5.95. The van der Waals surface area contributed by atoms with E-state index in [1.54, 1.807) is 18.2 Å². The van der Waals surface area contributed by atoms with Gasteiger partial charge in [0.25, 0.3) is 0 Å². The van der Waals surface area contributed by atoms with Crippen LogP contribution >= 0.6 is 11.6 Å². The zero-order chi connectivity index (χ0) is 15.2. The molecule has 1 saturated carbocycles. The Hall–Kier alpha value is -1.73. The van der Waals surface area contributed by atoms with Crippen molar-refractivity contribution in [3.8, 4) is 11.8 Å². The number of ether oxygens (including phenoxy) is 2. The van der Waals surface area contributed by atoms with Crippen LogP contribution in [0.4, 0.5) is 0 Å². The maximum Gasteiger partial charge on any atom is 0.309 e. The molecule has 112 valence electrons. The van der Waals surface area contributed by atoms with Gasteiger partial charge >= 0.3 is 5.97 Å². The maximum atomic E-state index is 11.7. The third-order valence-electron chi connectivity index (χ3n) is 3.53. The molecule has 2 rings (SSSR count).